The number of aromatic hydroxyl groups is 1. The first-order valence-corrected chi connectivity index (χ1v) is 7.96. The average molecular weight is 408 g/mol. The third-order valence-electron chi connectivity index (χ3n) is 3.37. The van der Waals surface area contributed by atoms with E-state index in [0.29, 0.717) is 0 Å². The van der Waals surface area contributed by atoms with Gasteiger partial charge in [0.05, 0.1) is 27.8 Å². The van der Waals surface area contributed by atoms with Crippen LogP contribution in [0.3, 0.4) is 0 Å². The summed E-state index contributed by atoms with van der Waals surface area (Å²) >= 11 is 11.9. The Kier molecular flexibility index (Phi) is 6.23. The van der Waals surface area contributed by atoms with E-state index in [1.165, 1.54) is 25.3 Å². The number of carbonyl (C=O) groups is 1. The molecule has 0 spiro atoms. The van der Waals surface area contributed by atoms with Crippen LogP contribution in [0.2, 0.25) is 10.0 Å². The molecule has 0 saturated heterocycles. The Bertz CT molecular complexity index is 999. The summed E-state index contributed by atoms with van der Waals surface area (Å²) in [7, 11) is 1.21. The molecule has 0 aromatic heterocycles. The highest BCUT2D eigenvalue weighted by Crippen LogP contribution is 2.37. The van der Waals surface area contributed by atoms with Gasteiger partial charge in [0, 0.05) is 6.07 Å². The lowest BCUT2D eigenvalue weighted by Crippen LogP contribution is -2.13. The van der Waals surface area contributed by atoms with Gasteiger partial charge in [-0.1, -0.05) is 29.3 Å². The van der Waals surface area contributed by atoms with E-state index < -0.39 is 22.3 Å². The fraction of sp³-hybridized carbons (Fsp3) is 0.0588. The number of nitro groups is 1. The summed E-state index contributed by atoms with van der Waals surface area (Å²) in [6.45, 7) is 0. The number of amides is 1. The molecule has 0 heterocycles. The Morgan fingerprint density at radius 1 is 1.41 bits per heavy atom. The summed E-state index contributed by atoms with van der Waals surface area (Å²) in [6, 6.07) is 8.55. The number of carbonyl (C=O) groups excluding carboxylic acids is 1. The van der Waals surface area contributed by atoms with Gasteiger partial charge in [-0.2, -0.15) is 5.26 Å². The van der Waals surface area contributed by atoms with Crippen molar-refractivity contribution in [2.75, 3.05) is 12.4 Å². The van der Waals surface area contributed by atoms with Crippen LogP contribution < -0.4 is 10.1 Å². The number of methoxy groups -OCH3 is 1. The first-order valence-electron chi connectivity index (χ1n) is 7.21. The summed E-state index contributed by atoms with van der Waals surface area (Å²) in [5.74, 6) is -1.63. The molecule has 2 aromatic carbocycles. The van der Waals surface area contributed by atoms with E-state index in [4.69, 9.17) is 27.9 Å². The van der Waals surface area contributed by atoms with Crippen molar-refractivity contribution in [2.24, 2.45) is 0 Å². The molecule has 2 rings (SSSR count). The van der Waals surface area contributed by atoms with Crippen molar-refractivity contribution in [3.8, 4) is 17.6 Å². The van der Waals surface area contributed by atoms with E-state index in [1.807, 2.05) is 0 Å². The predicted molar refractivity (Wildman–Crippen MR) is 100.0 cm³/mol. The van der Waals surface area contributed by atoms with Crippen LogP contribution in [0.1, 0.15) is 5.56 Å². The van der Waals surface area contributed by atoms with Gasteiger partial charge in [0.1, 0.15) is 11.6 Å². The molecule has 0 aliphatic heterocycles. The Hall–Kier alpha value is -3.28. The van der Waals surface area contributed by atoms with Gasteiger partial charge in [-0.15, -0.1) is 0 Å². The van der Waals surface area contributed by atoms with Gasteiger partial charge in [-0.3, -0.25) is 14.9 Å². The van der Waals surface area contributed by atoms with E-state index in [1.54, 1.807) is 12.1 Å². The topological polar surface area (TPSA) is 125 Å². The normalized spacial score (nSPS) is 10.8. The number of phenols is 1. The Balaban J connectivity index is 2.42. The second-order valence-corrected chi connectivity index (χ2v) is 5.86. The van der Waals surface area contributed by atoms with E-state index >= 15 is 0 Å². The lowest BCUT2D eigenvalue weighted by molar-refractivity contribution is -0.386. The fourth-order valence-electron chi connectivity index (χ4n) is 2.10. The zero-order valence-electron chi connectivity index (χ0n) is 13.7. The van der Waals surface area contributed by atoms with Gasteiger partial charge in [-0.05, 0) is 29.8 Å². The molecular formula is C17H11Cl2N3O5. The number of ether oxygens (including phenoxy) is 1. The fourth-order valence-corrected chi connectivity index (χ4v) is 2.44. The van der Waals surface area contributed by atoms with Crippen LogP contribution in [0.15, 0.2) is 35.9 Å². The minimum Gasteiger partial charge on any atom is -0.500 e. The van der Waals surface area contributed by atoms with E-state index in [9.17, 15) is 25.3 Å². The quantitative estimate of drug-likeness (QED) is 0.331. The van der Waals surface area contributed by atoms with Crippen LogP contribution in [0.25, 0.3) is 6.08 Å². The molecule has 2 aromatic rings. The molecule has 0 aliphatic rings. The number of nitrogens with zero attached hydrogens (tertiary/aromatic N) is 2. The van der Waals surface area contributed by atoms with Crippen LogP contribution in [0, 0.1) is 21.4 Å². The number of nitrogens with one attached hydrogen (secondary N) is 1. The molecule has 0 fully saturated rings. The van der Waals surface area contributed by atoms with Gasteiger partial charge < -0.3 is 15.2 Å². The standard InChI is InChI=1S/C17H11Cl2N3O5/c1-27-14-7-9(6-13(16(14)23)22(25)26)5-10(8-20)17(24)21-12-4-2-3-11(18)15(12)19/h2-7,23H,1H3,(H,21,24)/b10-5+. The van der Waals surface area contributed by atoms with E-state index in [-0.39, 0.29) is 32.6 Å². The number of nitro benzene ring substituents is 1. The highest BCUT2D eigenvalue weighted by Gasteiger charge is 2.20. The Labute approximate surface area is 163 Å². The third kappa shape index (κ3) is 4.47. The number of benzene rings is 2. The number of phenolic OH excluding ortho intramolecular Hbond substituents is 1. The van der Waals surface area contributed by atoms with E-state index in [0.717, 1.165) is 12.1 Å². The zero-order chi connectivity index (χ0) is 20.1. The first kappa shape index (κ1) is 20.0. The molecule has 2 N–H and O–H groups in total. The highest BCUT2D eigenvalue weighted by atomic mass is 35.5. The summed E-state index contributed by atoms with van der Waals surface area (Å²) in [5, 5.41) is 32.8. The van der Waals surface area contributed by atoms with Crippen molar-refractivity contribution in [3.63, 3.8) is 0 Å². The van der Waals surface area contributed by atoms with Crippen molar-refractivity contribution in [1.82, 2.24) is 0 Å². The van der Waals surface area contributed by atoms with Crippen molar-refractivity contribution >= 4 is 46.6 Å². The van der Waals surface area contributed by atoms with Crippen molar-refractivity contribution in [3.05, 3.63) is 61.6 Å². The van der Waals surface area contributed by atoms with Gasteiger partial charge >= 0.3 is 5.69 Å². The lowest BCUT2D eigenvalue weighted by Gasteiger charge is -2.08. The van der Waals surface area contributed by atoms with Crippen molar-refractivity contribution in [1.29, 1.82) is 5.26 Å². The molecule has 0 aliphatic carbocycles. The second kappa shape index (κ2) is 8.40. The van der Waals surface area contributed by atoms with Gasteiger partial charge in [0.15, 0.2) is 5.75 Å². The summed E-state index contributed by atoms with van der Waals surface area (Å²) in [5.41, 5.74) is -0.672. The highest BCUT2D eigenvalue weighted by molar-refractivity contribution is 6.44. The smallest absolute Gasteiger partial charge is 0.315 e. The minimum atomic E-state index is -0.812. The van der Waals surface area contributed by atoms with Crippen LogP contribution in [-0.2, 0) is 4.79 Å². The molecule has 0 radical (unpaired) electrons. The number of hydrogen-bond donors (Lipinski definition) is 2. The third-order valence-corrected chi connectivity index (χ3v) is 4.19. The van der Waals surface area contributed by atoms with Gasteiger partial charge in [0.25, 0.3) is 5.91 Å². The minimum absolute atomic E-state index is 0.103. The molecule has 8 nitrogen and oxygen atoms in total. The summed E-state index contributed by atoms with van der Waals surface area (Å²) < 4.78 is 4.88. The maximum Gasteiger partial charge on any atom is 0.315 e. The summed E-state index contributed by atoms with van der Waals surface area (Å²) in [6.07, 6.45) is 1.11. The number of nitriles is 1. The second-order valence-electron chi connectivity index (χ2n) is 5.07. The molecule has 1 amide bonds. The Morgan fingerprint density at radius 3 is 2.70 bits per heavy atom. The Morgan fingerprint density at radius 2 is 2.11 bits per heavy atom. The molecule has 0 atom stereocenters. The maximum atomic E-state index is 12.3. The largest absolute Gasteiger partial charge is 0.500 e. The monoisotopic (exact) mass is 407 g/mol. The van der Waals surface area contributed by atoms with Gasteiger partial charge in [-0.25, -0.2) is 0 Å². The maximum absolute atomic E-state index is 12.3. The van der Waals surface area contributed by atoms with Crippen molar-refractivity contribution in [2.45, 2.75) is 0 Å². The molecular weight excluding hydrogens is 397 g/mol. The number of hydrogen-bond acceptors (Lipinski definition) is 6. The van der Waals surface area contributed by atoms with Crippen molar-refractivity contribution < 1.29 is 19.6 Å². The lowest BCUT2D eigenvalue weighted by atomic mass is 10.1. The number of anilines is 1. The SMILES string of the molecule is COc1cc(/C=C(\C#N)C(=O)Nc2cccc(Cl)c2Cl)cc([N+](=O)[O-])c1O. The molecule has 0 unspecified atom stereocenters. The van der Waals surface area contributed by atoms with Crippen LogP contribution in [-0.4, -0.2) is 23.0 Å². The first-order chi connectivity index (χ1) is 12.8. The molecule has 0 bridgehead atoms. The number of halogens is 2. The van der Waals surface area contributed by atoms with Crippen LogP contribution in [0.4, 0.5) is 11.4 Å². The summed E-state index contributed by atoms with van der Waals surface area (Å²) in [4.78, 5) is 22.6. The number of rotatable bonds is 5. The van der Waals surface area contributed by atoms with E-state index in [2.05, 4.69) is 5.32 Å². The zero-order valence-corrected chi connectivity index (χ0v) is 15.2. The van der Waals surface area contributed by atoms with Crippen LogP contribution in [0.5, 0.6) is 11.5 Å². The molecule has 138 valence electrons. The van der Waals surface area contributed by atoms with Crippen LogP contribution >= 0.6 is 23.2 Å². The molecule has 27 heavy (non-hydrogen) atoms. The molecule has 0 saturated carbocycles. The predicted octanol–water partition coefficient (Wildman–Crippen LogP) is 4.16. The average Bonchev–Trinajstić information content (AvgIpc) is 2.64. The molecule has 10 heteroatoms. The van der Waals surface area contributed by atoms with Gasteiger partial charge in [0.2, 0.25) is 5.75 Å².